The van der Waals surface area contributed by atoms with Crippen LogP contribution in [0.3, 0.4) is 0 Å². The van der Waals surface area contributed by atoms with Crippen LogP contribution in [0.2, 0.25) is 5.02 Å². The summed E-state index contributed by atoms with van der Waals surface area (Å²) >= 11 is 5.64. The van der Waals surface area contributed by atoms with E-state index in [1.54, 1.807) is 6.92 Å². The number of halogens is 3. The molecule has 2 N–H and O–H groups in total. The van der Waals surface area contributed by atoms with Crippen molar-refractivity contribution in [3.8, 4) is 0 Å². The molecule has 0 saturated heterocycles. The van der Waals surface area contributed by atoms with Gasteiger partial charge in [0.15, 0.2) is 0 Å². The van der Waals surface area contributed by atoms with Crippen LogP contribution in [0.25, 0.3) is 4.85 Å². The van der Waals surface area contributed by atoms with Gasteiger partial charge in [-0.25, -0.2) is 18.4 Å². The van der Waals surface area contributed by atoms with Crippen LogP contribution in [0.4, 0.5) is 25.8 Å². The highest BCUT2D eigenvalue weighted by molar-refractivity contribution is 6.34. The zero-order valence-corrected chi connectivity index (χ0v) is 12.0. The summed E-state index contributed by atoms with van der Waals surface area (Å²) in [6.45, 7) is 8.56. The molecule has 0 bridgehead atoms. The quantitative estimate of drug-likeness (QED) is 0.789. The molecule has 112 valence electrons. The number of nitrogens with zero attached hydrogens (tertiary/aromatic N) is 1. The van der Waals surface area contributed by atoms with Crippen LogP contribution < -0.4 is 5.32 Å². The fourth-order valence-corrected chi connectivity index (χ4v) is 2.11. The second-order valence-corrected chi connectivity index (χ2v) is 4.83. The molecule has 0 spiro atoms. The van der Waals surface area contributed by atoms with Crippen LogP contribution in [0, 0.1) is 25.1 Å². The SMILES string of the molecule is [C-]#[N+]c1cc(Nc2ccc(F)cc2C)c(C(=O)O)c(F)c1Cl. The van der Waals surface area contributed by atoms with Crippen molar-refractivity contribution >= 4 is 34.6 Å². The van der Waals surface area contributed by atoms with Crippen molar-refractivity contribution in [2.45, 2.75) is 6.92 Å². The Morgan fingerprint density at radius 1 is 1.32 bits per heavy atom. The molecule has 0 aromatic heterocycles. The fraction of sp³-hybridized carbons (Fsp3) is 0.0667. The lowest BCUT2D eigenvalue weighted by atomic mass is 10.1. The van der Waals surface area contributed by atoms with Gasteiger partial charge in [0.25, 0.3) is 0 Å². The third kappa shape index (κ3) is 2.85. The maximum atomic E-state index is 14.1. The summed E-state index contributed by atoms with van der Waals surface area (Å²) in [4.78, 5) is 14.3. The van der Waals surface area contributed by atoms with Gasteiger partial charge in [0.2, 0.25) is 5.69 Å². The first-order valence-corrected chi connectivity index (χ1v) is 6.39. The minimum Gasteiger partial charge on any atom is -0.478 e. The lowest BCUT2D eigenvalue weighted by Gasteiger charge is -2.14. The van der Waals surface area contributed by atoms with E-state index in [0.29, 0.717) is 11.3 Å². The largest absolute Gasteiger partial charge is 0.478 e. The summed E-state index contributed by atoms with van der Waals surface area (Å²) in [5.74, 6) is -3.17. The van der Waals surface area contributed by atoms with Gasteiger partial charge in [0.05, 0.1) is 11.6 Å². The first kappa shape index (κ1) is 15.7. The Balaban J connectivity index is 2.61. The summed E-state index contributed by atoms with van der Waals surface area (Å²) in [7, 11) is 0. The molecule has 2 aromatic carbocycles. The van der Waals surface area contributed by atoms with Gasteiger partial charge in [-0.05, 0) is 36.8 Å². The summed E-state index contributed by atoms with van der Waals surface area (Å²) in [6, 6.07) is 4.95. The summed E-state index contributed by atoms with van der Waals surface area (Å²) in [6.07, 6.45) is 0. The smallest absolute Gasteiger partial charge is 0.340 e. The fourth-order valence-electron chi connectivity index (χ4n) is 1.91. The third-order valence-electron chi connectivity index (χ3n) is 2.98. The van der Waals surface area contributed by atoms with Gasteiger partial charge < -0.3 is 10.4 Å². The van der Waals surface area contributed by atoms with E-state index in [2.05, 4.69) is 10.2 Å². The molecular formula is C15H9ClF2N2O2. The highest BCUT2D eigenvalue weighted by Gasteiger charge is 2.22. The molecule has 0 aliphatic rings. The number of hydrogen-bond acceptors (Lipinski definition) is 2. The normalized spacial score (nSPS) is 10.1. The zero-order chi connectivity index (χ0) is 16.4. The third-order valence-corrected chi connectivity index (χ3v) is 3.34. The summed E-state index contributed by atoms with van der Waals surface area (Å²) in [5, 5.41) is 11.3. The minimum absolute atomic E-state index is 0.130. The monoisotopic (exact) mass is 322 g/mol. The van der Waals surface area contributed by atoms with E-state index in [4.69, 9.17) is 23.3 Å². The number of anilines is 2. The number of hydrogen-bond donors (Lipinski definition) is 2. The van der Waals surface area contributed by atoms with Gasteiger partial charge in [-0.1, -0.05) is 11.6 Å². The second kappa shape index (κ2) is 6.00. The van der Waals surface area contributed by atoms with Crippen molar-refractivity contribution < 1.29 is 18.7 Å². The highest BCUT2D eigenvalue weighted by atomic mass is 35.5. The topological polar surface area (TPSA) is 53.7 Å². The number of carboxylic acids is 1. The second-order valence-electron chi connectivity index (χ2n) is 4.45. The first-order valence-electron chi connectivity index (χ1n) is 6.01. The van der Waals surface area contributed by atoms with E-state index >= 15 is 0 Å². The number of aryl methyl sites for hydroxylation is 1. The van der Waals surface area contributed by atoms with Crippen molar-refractivity contribution in [1.29, 1.82) is 0 Å². The number of aromatic carboxylic acids is 1. The van der Waals surface area contributed by atoms with Gasteiger partial charge in [0, 0.05) is 11.4 Å². The van der Waals surface area contributed by atoms with E-state index in [9.17, 15) is 13.6 Å². The van der Waals surface area contributed by atoms with Crippen LogP contribution in [0.1, 0.15) is 15.9 Å². The molecule has 0 heterocycles. The molecular weight excluding hydrogens is 314 g/mol. The van der Waals surface area contributed by atoms with Gasteiger partial charge >= 0.3 is 5.97 Å². The predicted molar refractivity (Wildman–Crippen MR) is 79.1 cm³/mol. The predicted octanol–water partition coefficient (Wildman–Crippen LogP) is 4.92. The molecule has 0 aliphatic carbocycles. The molecule has 0 unspecified atom stereocenters. The molecule has 2 rings (SSSR count). The lowest BCUT2D eigenvalue weighted by molar-refractivity contribution is 0.0693. The van der Waals surface area contributed by atoms with Gasteiger partial charge in [-0.3, -0.25) is 0 Å². The maximum absolute atomic E-state index is 14.1. The standard InChI is InChI=1S/C15H9ClF2N2O2/c1-7-5-8(17)3-4-9(7)20-10-6-11(19-2)13(16)14(18)12(10)15(21)22/h3-6,20H,1H3,(H,21,22). The zero-order valence-electron chi connectivity index (χ0n) is 11.2. The first-order chi connectivity index (χ1) is 10.3. The molecule has 0 fully saturated rings. The van der Waals surface area contributed by atoms with E-state index < -0.39 is 28.2 Å². The molecule has 0 saturated carbocycles. The van der Waals surface area contributed by atoms with Gasteiger partial charge in [-0.15, -0.1) is 0 Å². The van der Waals surface area contributed by atoms with Crippen molar-refractivity contribution in [3.63, 3.8) is 0 Å². The number of nitrogens with one attached hydrogen (secondary N) is 1. The van der Waals surface area contributed by atoms with Crippen LogP contribution in [-0.4, -0.2) is 11.1 Å². The van der Waals surface area contributed by atoms with Crippen LogP contribution >= 0.6 is 11.6 Å². The molecule has 0 amide bonds. The molecule has 0 radical (unpaired) electrons. The summed E-state index contributed by atoms with van der Waals surface area (Å²) < 4.78 is 27.2. The van der Waals surface area contributed by atoms with Crippen LogP contribution in [0.15, 0.2) is 24.3 Å². The molecule has 4 nitrogen and oxygen atoms in total. The minimum atomic E-state index is -1.53. The molecule has 0 aliphatic heterocycles. The average molecular weight is 323 g/mol. The van der Waals surface area contributed by atoms with Gasteiger partial charge in [-0.2, -0.15) is 0 Å². The number of rotatable bonds is 3. The van der Waals surface area contributed by atoms with E-state index in [1.165, 1.54) is 18.2 Å². The van der Waals surface area contributed by atoms with Crippen LogP contribution in [0.5, 0.6) is 0 Å². The Kier molecular flexibility index (Phi) is 4.29. The van der Waals surface area contributed by atoms with Crippen LogP contribution in [-0.2, 0) is 0 Å². The molecule has 2 aromatic rings. The average Bonchev–Trinajstić information content (AvgIpc) is 2.45. The number of carbonyl (C=O) groups is 1. The Morgan fingerprint density at radius 2 is 2.00 bits per heavy atom. The van der Waals surface area contributed by atoms with Crippen molar-refractivity contribution in [2.75, 3.05) is 5.32 Å². The Labute approximate surface area is 129 Å². The molecule has 0 atom stereocenters. The van der Waals surface area contributed by atoms with E-state index in [0.717, 1.165) is 6.07 Å². The Morgan fingerprint density at radius 3 is 2.55 bits per heavy atom. The Bertz CT molecular complexity index is 816. The number of carboxylic acid groups (broad SMARTS) is 1. The van der Waals surface area contributed by atoms with E-state index in [1.807, 2.05) is 0 Å². The highest BCUT2D eigenvalue weighted by Crippen LogP contribution is 2.37. The van der Waals surface area contributed by atoms with Crippen molar-refractivity contribution in [3.05, 3.63) is 63.5 Å². The molecule has 22 heavy (non-hydrogen) atoms. The van der Waals surface area contributed by atoms with Crippen molar-refractivity contribution in [1.82, 2.24) is 0 Å². The maximum Gasteiger partial charge on any atom is 0.340 e. The van der Waals surface area contributed by atoms with E-state index in [-0.39, 0.29) is 11.4 Å². The summed E-state index contributed by atoms with van der Waals surface area (Å²) in [5.41, 5.74) is -0.139. The van der Waals surface area contributed by atoms with Gasteiger partial charge in [0.1, 0.15) is 17.2 Å². The van der Waals surface area contributed by atoms with Crippen molar-refractivity contribution in [2.24, 2.45) is 0 Å². The Hall–Kier alpha value is -2.65. The number of benzene rings is 2. The molecule has 7 heteroatoms. The lowest BCUT2D eigenvalue weighted by Crippen LogP contribution is -2.07.